The molecule has 0 radical (unpaired) electrons. The topological polar surface area (TPSA) is 129 Å². The van der Waals surface area contributed by atoms with Crippen LogP contribution in [0, 0.1) is 17.5 Å². The molecule has 11 nitrogen and oxygen atoms in total. The lowest BCUT2D eigenvalue weighted by Gasteiger charge is -2.41. The maximum absolute atomic E-state index is 14.8. The van der Waals surface area contributed by atoms with Gasteiger partial charge in [0, 0.05) is 32.7 Å². The number of carbonyl (C=O) groups excluding carboxylic acids is 2. The summed E-state index contributed by atoms with van der Waals surface area (Å²) in [6.45, 7) is 0.406. The van der Waals surface area contributed by atoms with Crippen LogP contribution in [0.5, 0.6) is 11.5 Å². The number of halogens is 3. The maximum Gasteiger partial charge on any atom is 0.320 e. The number of nitrogens with zero attached hydrogens (tertiary/aromatic N) is 3. The molecule has 0 aliphatic carbocycles. The molecule has 0 bridgehead atoms. The van der Waals surface area contributed by atoms with Gasteiger partial charge >= 0.3 is 6.03 Å². The van der Waals surface area contributed by atoms with Crippen molar-refractivity contribution in [3.05, 3.63) is 53.8 Å². The van der Waals surface area contributed by atoms with E-state index in [2.05, 4.69) is 0 Å². The molecule has 2 heterocycles. The monoisotopic (exact) mass is 544 g/mol. The van der Waals surface area contributed by atoms with Crippen LogP contribution in [0.1, 0.15) is 0 Å². The molecule has 0 saturated carbocycles. The lowest BCUT2D eigenvalue weighted by Crippen LogP contribution is -2.63. The Morgan fingerprint density at radius 1 is 0.973 bits per heavy atom. The summed E-state index contributed by atoms with van der Waals surface area (Å²) >= 11 is 0. The predicted octanol–water partition coefficient (Wildman–Crippen LogP) is 1.53. The predicted molar refractivity (Wildman–Crippen MR) is 120 cm³/mol. The highest BCUT2D eigenvalue weighted by Gasteiger charge is 2.42. The number of amides is 3. The first-order valence-corrected chi connectivity index (χ1v) is 12.6. The van der Waals surface area contributed by atoms with Crippen LogP contribution in [0.3, 0.4) is 0 Å². The molecule has 15 heteroatoms. The number of hydrogen-bond acceptors (Lipinski definition) is 7. The zero-order valence-corrected chi connectivity index (χ0v) is 20.1. The number of sulfonamides is 1. The number of nitrogens with one attached hydrogen (secondary N) is 1. The Morgan fingerprint density at radius 2 is 1.59 bits per heavy atom. The van der Waals surface area contributed by atoms with Crippen molar-refractivity contribution in [2.45, 2.75) is 10.9 Å². The third-order valence-electron chi connectivity index (χ3n) is 5.91. The van der Waals surface area contributed by atoms with Crippen molar-refractivity contribution >= 4 is 22.0 Å². The average molecular weight is 545 g/mol. The molecule has 0 spiro atoms. The SMILES string of the molecule is O=C(NO)[C@H]1CN(C(=O)N2CCOCC2)CCN1S(=O)(=O)c1cc(F)c(Oc2ccc(F)cc2)c(F)c1. The number of rotatable bonds is 5. The van der Waals surface area contributed by atoms with Gasteiger partial charge < -0.3 is 19.3 Å². The second-order valence-electron chi connectivity index (χ2n) is 8.21. The molecular weight excluding hydrogens is 521 g/mol. The molecule has 2 aliphatic heterocycles. The number of urea groups is 1. The number of piperazine rings is 1. The van der Waals surface area contributed by atoms with Crippen LogP contribution >= 0.6 is 0 Å². The molecule has 2 aliphatic rings. The highest BCUT2D eigenvalue weighted by Crippen LogP contribution is 2.32. The fraction of sp³-hybridized carbons (Fsp3) is 0.364. The molecule has 0 unspecified atom stereocenters. The summed E-state index contributed by atoms with van der Waals surface area (Å²) in [6, 6.07) is 3.33. The Balaban J connectivity index is 1.58. The largest absolute Gasteiger partial charge is 0.451 e. The second kappa shape index (κ2) is 10.9. The minimum Gasteiger partial charge on any atom is -0.451 e. The highest BCUT2D eigenvalue weighted by atomic mass is 32.2. The van der Waals surface area contributed by atoms with E-state index in [4.69, 9.17) is 9.47 Å². The van der Waals surface area contributed by atoms with Crippen LogP contribution in [0.15, 0.2) is 41.3 Å². The molecule has 1 atom stereocenters. The first-order chi connectivity index (χ1) is 17.6. The standard InChI is InChI=1S/C22H23F3N4O7S/c23-14-1-3-15(4-2-14)36-20-17(24)11-16(12-18(20)25)37(33,34)29-6-5-28(13-19(29)21(30)26-32)22(31)27-7-9-35-10-8-27/h1-4,11-12,19,32H,5-10,13H2,(H,26,30)/t19-/m1/s1. The van der Waals surface area contributed by atoms with Crippen molar-refractivity contribution in [1.29, 1.82) is 0 Å². The van der Waals surface area contributed by atoms with Crippen molar-refractivity contribution in [2.24, 2.45) is 0 Å². The number of morpholine rings is 1. The van der Waals surface area contributed by atoms with Crippen LogP contribution in [0.2, 0.25) is 0 Å². The second-order valence-corrected chi connectivity index (χ2v) is 10.1. The van der Waals surface area contributed by atoms with E-state index in [9.17, 15) is 36.4 Å². The molecule has 2 fully saturated rings. The van der Waals surface area contributed by atoms with Gasteiger partial charge in [-0.15, -0.1) is 0 Å². The fourth-order valence-electron chi connectivity index (χ4n) is 4.01. The van der Waals surface area contributed by atoms with Crippen LogP contribution in [-0.4, -0.2) is 91.6 Å². The Hall–Kier alpha value is -3.40. The van der Waals surface area contributed by atoms with E-state index in [1.54, 1.807) is 0 Å². The summed E-state index contributed by atoms with van der Waals surface area (Å²) in [7, 11) is -4.68. The highest BCUT2D eigenvalue weighted by molar-refractivity contribution is 7.89. The van der Waals surface area contributed by atoms with Gasteiger partial charge in [-0.1, -0.05) is 0 Å². The summed E-state index contributed by atoms with van der Waals surface area (Å²) in [5, 5.41) is 9.19. The van der Waals surface area contributed by atoms with Gasteiger partial charge in [0.15, 0.2) is 17.4 Å². The Morgan fingerprint density at radius 3 is 2.19 bits per heavy atom. The molecule has 37 heavy (non-hydrogen) atoms. The average Bonchev–Trinajstić information content (AvgIpc) is 2.90. The first-order valence-electron chi connectivity index (χ1n) is 11.1. The van der Waals surface area contributed by atoms with E-state index >= 15 is 0 Å². The Bertz CT molecular complexity index is 1250. The number of hydroxylamine groups is 1. The van der Waals surface area contributed by atoms with Crippen molar-refractivity contribution in [3.63, 3.8) is 0 Å². The minimum absolute atomic E-state index is 0.0875. The van der Waals surface area contributed by atoms with Crippen LogP contribution < -0.4 is 10.2 Å². The molecule has 4 rings (SSSR count). The van der Waals surface area contributed by atoms with Crippen molar-refractivity contribution in [1.82, 2.24) is 19.6 Å². The van der Waals surface area contributed by atoms with Crippen LogP contribution in [-0.2, 0) is 19.6 Å². The molecule has 2 aromatic carbocycles. The van der Waals surface area contributed by atoms with E-state index in [0.717, 1.165) is 24.3 Å². The zero-order chi connectivity index (χ0) is 26.7. The Labute approximate surface area is 210 Å². The summed E-state index contributed by atoms with van der Waals surface area (Å²) in [5.41, 5.74) is 1.38. The lowest BCUT2D eigenvalue weighted by molar-refractivity contribution is -0.134. The molecule has 200 valence electrons. The van der Waals surface area contributed by atoms with Gasteiger partial charge in [-0.2, -0.15) is 4.31 Å². The normalized spacial score (nSPS) is 19.0. The molecule has 2 N–H and O–H groups in total. The van der Waals surface area contributed by atoms with Crippen molar-refractivity contribution < 1.29 is 45.9 Å². The van der Waals surface area contributed by atoms with E-state index in [-0.39, 0.29) is 18.8 Å². The molecule has 3 amide bonds. The maximum atomic E-state index is 14.8. The third-order valence-corrected chi connectivity index (χ3v) is 7.79. The van der Waals surface area contributed by atoms with Gasteiger partial charge in [-0.05, 0) is 36.4 Å². The van der Waals surface area contributed by atoms with Gasteiger partial charge in [0.25, 0.3) is 5.91 Å². The fourth-order valence-corrected chi connectivity index (χ4v) is 5.60. The van der Waals surface area contributed by atoms with Gasteiger partial charge in [0.2, 0.25) is 10.0 Å². The first kappa shape index (κ1) is 26.7. The van der Waals surface area contributed by atoms with Crippen molar-refractivity contribution in [3.8, 4) is 11.5 Å². The number of carbonyl (C=O) groups is 2. The quantitative estimate of drug-likeness (QED) is 0.432. The summed E-state index contributed by atoms with van der Waals surface area (Å²) in [6.07, 6.45) is 0. The van der Waals surface area contributed by atoms with Crippen molar-refractivity contribution in [2.75, 3.05) is 45.9 Å². The van der Waals surface area contributed by atoms with Gasteiger partial charge in [0.05, 0.1) is 18.1 Å². The third kappa shape index (κ3) is 5.64. The van der Waals surface area contributed by atoms with E-state index < -0.39 is 62.6 Å². The summed E-state index contributed by atoms with van der Waals surface area (Å²) in [5.74, 6) is -5.42. The molecular formula is C22H23F3N4O7S. The number of benzene rings is 2. The van der Waals surface area contributed by atoms with E-state index in [0.29, 0.717) is 42.7 Å². The number of ether oxygens (including phenoxy) is 2. The molecule has 2 aromatic rings. The van der Waals surface area contributed by atoms with E-state index in [1.165, 1.54) is 15.3 Å². The molecule has 2 saturated heterocycles. The van der Waals surface area contributed by atoms with Gasteiger partial charge in [-0.3, -0.25) is 10.0 Å². The lowest BCUT2D eigenvalue weighted by atomic mass is 10.2. The van der Waals surface area contributed by atoms with Crippen LogP contribution in [0.4, 0.5) is 18.0 Å². The molecule has 0 aromatic heterocycles. The summed E-state index contributed by atoms with van der Waals surface area (Å²) in [4.78, 5) is 27.2. The van der Waals surface area contributed by atoms with Gasteiger partial charge in [-0.25, -0.2) is 31.9 Å². The Kier molecular flexibility index (Phi) is 7.87. The zero-order valence-electron chi connectivity index (χ0n) is 19.3. The van der Waals surface area contributed by atoms with Crippen LogP contribution in [0.25, 0.3) is 0 Å². The van der Waals surface area contributed by atoms with Gasteiger partial charge in [0.1, 0.15) is 17.6 Å². The van der Waals surface area contributed by atoms with E-state index in [1.807, 2.05) is 0 Å². The smallest absolute Gasteiger partial charge is 0.320 e. The minimum atomic E-state index is -4.68. The summed E-state index contributed by atoms with van der Waals surface area (Å²) < 4.78 is 80.2. The number of hydrogen-bond donors (Lipinski definition) is 2.